The molecule has 0 N–H and O–H groups in total. The van der Waals surface area contributed by atoms with Gasteiger partial charge in [0.15, 0.2) is 5.78 Å². The number of nitrogens with zero attached hydrogens (tertiary/aromatic N) is 1. The number of carbonyl (C=O) groups excluding carboxylic acids is 2. The SMILES string of the molecule is O=C1CCN(C(=O)c2ccc(Cl)cc2Cl)c2c(Cl)cccc21. The maximum absolute atomic E-state index is 12.8. The van der Waals surface area contributed by atoms with E-state index in [1.54, 1.807) is 30.3 Å². The van der Waals surface area contributed by atoms with E-state index in [2.05, 4.69) is 0 Å². The number of fused-ring (bicyclic) bond motifs is 1. The number of halogens is 3. The molecule has 1 amide bonds. The molecule has 0 unspecified atom stereocenters. The minimum atomic E-state index is -0.302. The molecule has 0 spiro atoms. The summed E-state index contributed by atoms with van der Waals surface area (Å²) in [6.45, 7) is 0.271. The van der Waals surface area contributed by atoms with E-state index in [-0.39, 0.29) is 29.7 Å². The molecule has 2 aromatic carbocycles. The number of Topliss-reactive ketones (excluding diaryl/α,β-unsaturated/α-hetero) is 1. The van der Waals surface area contributed by atoms with Crippen LogP contribution in [0.1, 0.15) is 27.1 Å². The van der Waals surface area contributed by atoms with Crippen LogP contribution in [0.4, 0.5) is 5.69 Å². The van der Waals surface area contributed by atoms with Gasteiger partial charge in [0.2, 0.25) is 0 Å². The Morgan fingerprint density at radius 1 is 1.05 bits per heavy atom. The van der Waals surface area contributed by atoms with Gasteiger partial charge in [-0.05, 0) is 30.3 Å². The second-order valence-corrected chi connectivity index (χ2v) is 6.14. The predicted octanol–water partition coefficient (Wildman–Crippen LogP) is 4.88. The van der Waals surface area contributed by atoms with Crippen molar-refractivity contribution >= 4 is 52.2 Å². The fourth-order valence-corrected chi connectivity index (χ4v) is 3.25. The van der Waals surface area contributed by atoms with Crippen LogP contribution in [0.25, 0.3) is 0 Å². The highest BCUT2D eigenvalue weighted by Gasteiger charge is 2.30. The molecule has 1 heterocycles. The summed E-state index contributed by atoms with van der Waals surface area (Å²) in [4.78, 5) is 26.3. The molecule has 6 heteroatoms. The molecule has 0 bridgehead atoms. The first kappa shape index (κ1) is 15.3. The van der Waals surface area contributed by atoms with Crippen LogP contribution in [0.5, 0.6) is 0 Å². The highest BCUT2D eigenvalue weighted by molar-refractivity contribution is 6.38. The van der Waals surface area contributed by atoms with Gasteiger partial charge in [0, 0.05) is 23.6 Å². The highest BCUT2D eigenvalue weighted by Crippen LogP contribution is 2.36. The largest absolute Gasteiger partial charge is 0.306 e. The lowest BCUT2D eigenvalue weighted by molar-refractivity contribution is 0.0955. The zero-order valence-electron chi connectivity index (χ0n) is 11.3. The molecule has 22 heavy (non-hydrogen) atoms. The number of hydrogen-bond donors (Lipinski definition) is 0. The van der Waals surface area contributed by atoms with Crippen LogP contribution in [-0.4, -0.2) is 18.2 Å². The van der Waals surface area contributed by atoms with Gasteiger partial charge in [0.1, 0.15) is 0 Å². The second kappa shape index (κ2) is 5.92. The quantitative estimate of drug-likeness (QED) is 0.732. The molecule has 0 aliphatic carbocycles. The Kier molecular flexibility index (Phi) is 4.13. The third-order valence-electron chi connectivity index (χ3n) is 3.53. The topological polar surface area (TPSA) is 37.4 Å². The van der Waals surface area contributed by atoms with E-state index < -0.39 is 0 Å². The minimum Gasteiger partial charge on any atom is -0.306 e. The average molecular weight is 355 g/mol. The van der Waals surface area contributed by atoms with E-state index in [0.717, 1.165) is 0 Å². The first-order valence-corrected chi connectivity index (χ1v) is 7.71. The molecule has 0 saturated carbocycles. The summed E-state index contributed by atoms with van der Waals surface area (Å²) in [6.07, 6.45) is 0.254. The molecule has 0 radical (unpaired) electrons. The van der Waals surface area contributed by atoms with Gasteiger partial charge in [-0.1, -0.05) is 40.9 Å². The highest BCUT2D eigenvalue weighted by atomic mass is 35.5. The molecule has 0 aromatic heterocycles. The number of hydrogen-bond acceptors (Lipinski definition) is 2. The van der Waals surface area contributed by atoms with Crippen molar-refractivity contribution in [1.82, 2.24) is 0 Å². The smallest absolute Gasteiger partial charge is 0.259 e. The van der Waals surface area contributed by atoms with Crippen LogP contribution >= 0.6 is 34.8 Å². The molecule has 1 aliphatic rings. The molecule has 112 valence electrons. The maximum atomic E-state index is 12.8. The van der Waals surface area contributed by atoms with E-state index in [1.165, 1.54) is 11.0 Å². The van der Waals surface area contributed by atoms with Crippen LogP contribution in [0.15, 0.2) is 36.4 Å². The minimum absolute atomic E-state index is 0.0243. The fraction of sp³-hybridized carbons (Fsp3) is 0.125. The number of ketones is 1. The van der Waals surface area contributed by atoms with Gasteiger partial charge >= 0.3 is 0 Å². The van der Waals surface area contributed by atoms with E-state index in [0.29, 0.717) is 26.9 Å². The molecule has 3 nitrogen and oxygen atoms in total. The third-order valence-corrected chi connectivity index (χ3v) is 4.38. The van der Waals surface area contributed by atoms with Gasteiger partial charge < -0.3 is 4.90 Å². The normalized spacial score (nSPS) is 14.0. The molecular weight excluding hydrogens is 345 g/mol. The summed E-state index contributed by atoms with van der Waals surface area (Å²) < 4.78 is 0. The van der Waals surface area contributed by atoms with Crippen molar-refractivity contribution in [1.29, 1.82) is 0 Å². The lowest BCUT2D eigenvalue weighted by atomic mass is 9.99. The molecule has 2 aromatic rings. The molecule has 1 aliphatic heterocycles. The number of anilines is 1. The molecule has 3 rings (SSSR count). The fourth-order valence-electron chi connectivity index (χ4n) is 2.49. The molecule has 0 fully saturated rings. The maximum Gasteiger partial charge on any atom is 0.259 e. The van der Waals surface area contributed by atoms with Crippen LogP contribution in [-0.2, 0) is 0 Å². The Balaban J connectivity index is 2.08. The first-order valence-electron chi connectivity index (χ1n) is 6.57. The number of para-hydroxylation sites is 1. The van der Waals surface area contributed by atoms with Crippen LogP contribution in [0.2, 0.25) is 15.1 Å². The Morgan fingerprint density at radius 2 is 1.82 bits per heavy atom. The standard InChI is InChI=1S/C16H10Cl3NO2/c17-9-4-5-10(13(19)8-9)16(22)20-7-6-14(21)11-2-1-3-12(18)15(11)20/h1-5,8H,6-7H2. The van der Waals surface area contributed by atoms with Crippen LogP contribution in [0.3, 0.4) is 0 Å². The molecule has 0 saturated heterocycles. The average Bonchev–Trinajstić information content (AvgIpc) is 2.48. The molecule has 0 atom stereocenters. The lowest BCUT2D eigenvalue weighted by Crippen LogP contribution is -2.37. The van der Waals surface area contributed by atoms with Crippen molar-refractivity contribution in [2.75, 3.05) is 11.4 Å². The number of rotatable bonds is 1. The third kappa shape index (κ3) is 2.60. The van der Waals surface area contributed by atoms with Crippen molar-refractivity contribution in [2.24, 2.45) is 0 Å². The summed E-state index contributed by atoms with van der Waals surface area (Å²) in [5.74, 6) is -0.327. The summed E-state index contributed by atoms with van der Waals surface area (Å²) in [6, 6.07) is 9.71. The van der Waals surface area contributed by atoms with Crippen molar-refractivity contribution in [3.63, 3.8) is 0 Å². The Bertz CT molecular complexity index is 789. The zero-order chi connectivity index (χ0) is 15.9. The second-order valence-electron chi connectivity index (χ2n) is 4.89. The summed E-state index contributed by atoms with van der Waals surface area (Å²) in [7, 11) is 0. The van der Waals surface area contributed by atoms with Gasteiger partial charge in [-0.2, -0.15) is 0 Å². The van der Waals surface area contributed by atoms with E-state index in [1.807, 2.05) is 0 Å². The van der Waals surface area contributed by atoms with Crippen molar-refractivity contribution < 1.29 is 9.59 Å². The summed E-state index contributed by atoms with van der Waals surface area (Å²) >= 11 is 18.2. The van der Waals surface area contributed by atoms with Crippen molar-refractivity contribution in [3.8, 4) is 0 Å². The van der Waals surface area contributed by atoms with E-state index in [9.17, 15) is 9.59 Å². The zero-order valence-corrected chi connectivity index (χ0v) is 13.5. The van der Waals surface area contributed by atoms with Crippen LogP contribution in [0, 0.1) is 0 Å². The number of amides is 1. The molecular formula is C16H10Cl3NO2. The summed E-state index contributed by atoms with van der Waals surface area (Å²) in [5, 5.41) is 1.08. The number of benzene rings is 2. The monoisotopic (exact) mass is 353 g/mol. The van der Waals surface area contributed by atoms with Crippen molar-refractivity contribution in [3.05, 3.63) is 62.6 Å². The van der Waals surface area contributed by atoms with Gasteiger partial charge in [-0.3, -0.25) is 9.59 Å². The first-order chi connectivity index (χ1) is 10.5. The number of carbonyl (C=O) groups is 2. The van der Waals surface area contributed by atoms with Gasteiger partial charge in [0.05, 0.1) is 21.3 Å². The predicted molar refractivity (Wildman–Crippen MR) is 88.5 cm³/mol. The van der Waals surface area contributed by atoms with E-state index >= 15 is 0 Å². The van der Waals surface area contributed by atoms with Gasteiger partial charge in [0.25, 0.3) is 5.91 Å². The Morgan fingerprint density at radius 3 is 2.55 bits per heavy atom. The lowest BCUT2D eigenvalue weighted by Gasteiger charge is -2.29. The Labute approximate surface area is 142 Å². The van der Waals surface area contributed by atoms with Crippen molar-refractivity contribution in [2.45, 2.75) is 6.42 Å². The van der Waals surface area contributed by atoms with Gasteiger partial charge in [-0.15, -0.1) is 0 Å². The summed E-state index contributed by atoms with van der Waals surface area (Å²) in [5.41, 5.74) is 1.22. The van der Waals surface area contributed by atoms with E-state index in [4.69, 9.17) is 34.8 Å². The Hall–Kier alpha value is -1.55. The van der Waals surface area contributed by atoms with Gasteiger partial charge in [-0.25, -0.2) is 0 Å². The van der Waals surface area contributed by atoms with Crippen LogP contribution < -0.4 is 4.90 Å².